The van der Waals surface area contributed by atoms with Crippen LogP contribution in [0.25, 0.3) is 0 Å². The van der Waals surface area contributed by atoms with Crippen LogP contribution in [0.2, 0.25) is 0 Å². The van der Waals surface area contributed by atoms with Crippen molar-refractivity contribution in [1.82, 2.24) is 9.78 Å². The Balaban J connectivity index is 3.20. The number of hydrogen-bond acceptors (Lipinski definition) is 2. The van der Waals surface area contributed by atoms with Gasteiger partial charge in [-0.1, -0.05) is 20.3 Å². The second-order valence-corrected chi connectivity index (χ2v) is 3.39. The average Bonchev–Trinajstić information content (AvgIpc) is 2.21. The van der Waals surface area contributed by atoms with Crippen molar-refractivity contribution in [2.75, 3.05) is 0 Å². The molecule has 1 aromatic rings. The molecule has 1 rings (SSSR count). The molecule has 14 heavy (non-hydrogen) atoms. The summed E-state index contributed by atoms with van der Waals surface area (Å²) in [7, 11) is 0. The summed E-state index contributed by atoms with van der Waals surface area (Å²) in [5, 5.41) is 4.26. The largest absolute Gasteiger partial charge is 0.269 e. The van der Waals surface area contributed by atoms with Crippen LogP contribution >= 0.6 is 0 Å². The third-order valence-corrected chi connectivity index (χ3v) is 2.28. The van der Waals surface area contributed by atoms with Gasteiger partial charge in [-0.15, -0.1) is 0 Å². The normalized spacial score (nSPS) is 10.5. The third kappa shape index (κ3) is 2.22. The molecule has 3 nitrogen and oxygen atoms in total. The van der Waals surface area contributed by atoms with E-state index < -0.39 is 0 Å². The van der Waals surface area contributed by atoms with Crippen LogP contribution in [0.15, 0.2) is 10.9 Å². The van der Waals surface area contributed by atoms with Crippen LogP contribution in [0.5, 0.6) is 0 Å². The van der Waals surface area contributed by atoms with Crippen molar-refractivity contribution in [2.45, 2.75) is 46.6 Å². The van der Waals surface area contributed by atoms with Gasteiger partial charge in [-0.25, -0.2) is 4.68 Å². The summed E-state index contributed by atoms with van der Waals surface area (Å²) in [6.07, 6.45) is 2.75. The molecule has 0 aliphatic rings. The zero-order chi connectivity index (χ0) is 10.6. The van der Waals surface area contributed by atoms with Crippen molar-refractivity contribution in [1.29, 1.82) is 0 Å². The lowest BCUT2D eigenvalue weighted by molar-refractivity contribution is 0.589. The summed E-state index contributed by atoms with van der Waals surface area (Å²) in [6.45, 7) is 6.75. The molecule has 0 fully saturated rings. The van der Waals surface area contributed by atoms with Crippen LogP contribution in [0.3, 0.4) is 0 Å². The molecule has 0 spiro atoms. The first-order valence-electron chi connectivity index (χ1n) is 5.32. The fourth-order valence-electron chi connectivity index (χ4n) is 1.49. The molecule has 1 heterocycles. The maximum absolute atomic E-state index is 11.8. The van der Waals surface area contributed by atoms with E-state index in [0.717, 1.165) is 30.5 Å². The molecule has 0 amide bonds. The zero-order valence-corrected chi connectivity index (χ0v) is 9.21. The van der Waals surface area contributed by atoms with Gasteiger partial charge in [0.1, 0.15) is 0 Å². The quantitative estimate of drug-likeness (QED) is 0.732. The van der Waals surface area contributed by atoms with Crippen LogP contribution in [-0.2, 0) is 19.4 Å². The Labute approximate surface area is 84.8 Å². The second kappa shape index (κ2) is 4.94. The third-order valence-electron chi connectivity index (χ3n) is 2.28. The first kappa shape index (κ1) is 11.0. The maximum atomic E-state index is 11.8. The molecule has 0 unspecified atom stereocenters. The van der Waals surface area contributed by atoms with E-state index in [2.05, 4.69) is 18.9 Å². The number of aromatic nitrogens is 2. The van der Waals surface area contributed by atoms with Crippen molar-refractivity contribution in [3.05, 3.63) is 27.7 Å². The second-order valence-electron chi connectivity index (χ2n) is 3.39. The molecule has 0 atom stereocenters. The van der Waals surface area contributed by atoms with E-state index in [9.17, 15) is 4.79 Å². The molecule has 0 saturated heterocycles. The van der Waals surface area contributed by atoms with E-state index in [4.69, 9.17) is 0 Å². The zero-order valence-electron chi connectivity index (χ0n) is 9.21. The van der Waals surface area contributed by atoms with Crippen LogP contribution in [-0.4, -0.2) is 9.78 Å². The average molecular weight is 194 g/mol. The van der Waals surface area contributed by atoms with E-state index in [0.29, 0.717) is 6.54 Å². The van der Waals surface area contributed by atoms with Gasteiger partial charge >= 0.3 is 0 Å². The number of hydrogen-bond donors (Lipinski definition) is 0. The van der Waals surface area contributed by atoms with Crippen LogP contribution in [0.1, 0.15) is 38.4 Å². The first-order valence-corrected chi connectivity index (χ1v) is 5.32. The smallest absolute Gasteiger partial charge is 0.268 e. The molecule has 3 heteroatoms. The van der Waals surface area contributed by atoms with Crippen molar-refractivity contribution in [2.24, 2.45) is 0 Å². The minimum Gasteiger partial charge on any atom is -0.268 e. The van der Waals surface area contributed by atoms with E-state index in [-0.39, 0.29) is 5.56 Å². The maximum Gasteiger partial charge on any atom is 0.269 e. The molecule has 0 radical (unpaired) electrons. The van der Waals surface area contributed by atoms with Gasteiger partial charge in [-0.2, -0.15) is 5.10 Å². The van der Waals surface area contributed by atoms with Crippen molar-refractivity contribution in [3.63, 3.8) is 0 Å². The summed E-state index contributed by atoms with van der Waals surface area (Å²) in [4.78, 5) is 11.8. The molecule has 0 saturated carbocycles. The van der Waals surface area contributed by atoms with Crippen LogP contribution in [0, 0.1) is 0 Å². The molecule has 0 N–H and O–H groups in total. The summed E-state index contributed by atoms with van der Waals surface area (Å²) in [5.41, 5.74) is 1.99. The molecule has 0 bridgehead atoms. The predicted molar refractivity (Wildman–Crippen MR) is 57.5 cm³/mol. The Morgan fingerprint density at radius 2 is 2.07 bits per heavy atom. The molecule has 0 aliphatic heterocycles. The van der Waals surface area contributed by atoms with Gasteiger partial charge < -0.3 is 0 Å². The highest BCUT2D eigenvalue weighted by Gasteiger charge is 2.05. The lowest BCUT2D eigenvalue weighted by Gasteiger charge is -2.06. The Morgan fingerprint density at radius 3 is 2.57 bits per heavy atom. The van der Waals surface area contributed by atoms with Gasteiger partial charge in [0.05, 0.1) is 5.69 Å². The molecule has 1 aromatic heterocycles. The number of nitrogens with zero attached hydrogens (tertiary/aromatic N) is 2. The standard InChI is InChI=1S/C11H18N2O/c1-4-7-9-8-10(5-2)12-13(6-3)11(9)14/h8H,4-7H2,1-3H3. The molecule has 78 valence electrons. The Kier molecular flexibility index (Phi) is 3.86. The predicted octanol–water partition coefficient (Wildman–Crippen LogP) is 1.78. The van der Waals surface area contributed by atoms with E-state index in [1.54, 1.807) is 4.68 Å². The number of aryl methyl sites for hydroxylation is 3. The van der Waals surface area contributed by atoms with Gasteiger partial charge in [-0.3, -0.25) is 4.79 Å². The SMILES string of the molecule is CCCc1cc(CC)nn(CC)c1=O. The summed E-state index contributed by atoms with van der Waals surface area (Å²) >= 11 is 0. The Hall–Kier alpha value is -1.12. The highest BCUT2D eigenvalue weighted by Crippen LogP contribution is 2.00. The fourth-order valence-corrected chi connectivity index (χ4v) is 1.49. The van der Waals surface area contributed by atoms with Crippen molar-refractivity contribution < 1.29 is 0 Å². The molecule has 0 aromatic carbocycles. The lowest BCUT2D eigenvalue weighted by atomic mass is 10.1. The van der Waals surface area contributed by atoms with Gasteiger partial charge in [0.2, 0.25) is 0 Å². The summed E-state index contributed by atoms with van der Waals surface area (Å²) in [6, 6.07) is 1.94. The van der Waals surface area contributed by atoms with Gasteiger partial charge in [0.25, 0.3) is 5.56 Å². The minimum atomic E-state index is 0.0755. The van der Waals surface area contributed by atoms with Crippen LogP contribution < -0.4 is 5.56 Å². The topological polar surface area (TPSA) is 34.9 Å². The van der Waals surface area contributed by atoms with E-state index in [1.165, 1.54) is 0 Å². The Bertz CT molecular complexity index is 355. The fraction of sp³-hybridized carbons (Fsp3) is 0.636. The van der Waals surface area contributed by atoms with Crippen LogP contribution in [0.4, 0.5) is 0 Å². The lowest BCUT2D eigenvalue weighted by Crippen LogP contribution is -2.26. The van der Waals surface area contributed by atoms with Gasteiger partial charge in [0.15, 0.2) is 0 Å². The Morgan fingerprint density at radius 1 is 1.36 bits per heavy atom. The van der Waals surface area contributed by atoms with Gasteiger partial charge in [0, 0.05) is 12.1 Å². The van der Waals surface area contributed by atoms with E-state index >= 15 is 0 Å². The molecular weight excluding hydrogens is 176 g/mol. The summed E-state index contributed by atoms with van der Waals surface area (Å²) in [5.74, 6) is 0. The number of rotatable bonds is 4. The minimum absolute atomic E-state index is 0.0755. The monoisotopic (exact) mass is 194 g/mol. The summed E-state index contributed by atoms with van der Waals surface area (Å²) < 4.78 is 1.56. The highest BCUT2D eigenvalue weighted by atomic mass is 16.1. The molecule has 0 aliphatic carbocycles. The molecular formula is C11H18N2O. The highest BCUT2D eigenvalue weighted by molar-refractivity contribution is 5.13. The first-order chi connectivity index (χ1) is 6.72. The van der Waals surface area contributed by atoms with Crippen molar-refractivity contribution >= 4 is 0 Å². The van der Waals surface area contributed by atoms with Gasteiger partial charge in [-0.05, 0) is 25.8 Å². The van der Waals surface area contributed by atoms with E-state index in [1.807, 2.05) is 13.0 Å². The van der Waals surface area contributed by atoms with Crippen molar-refractivity contribution in [3.8, 4) is 0 Å².